The average Bonchev–Trinajstić information content (AvgIpc) is 3.01. The van der Waals surface area contributed by atoms with Crippen LogP contribution in [0.1, 0.15) is 46.0 Å². The van der Waals surface area contributed by atoms with Gasteiger partial charge in [0.2, 0.25) is 0 Å². The van der Waals surface area contributed by atoms with Gasteiger partial charge in [-0.15, -0.1) is 4.91 Å². The Labute approximate surface area is 166 Å². The minimum absolute atomic E-state index is 0.0229. The summed E-state index contributed by atoms with van der Waals surface area (Å²) < 4.78 is 31.1. The molecule has 0 saturated heterocycles. The summed E-state index contributed by atoms with van der Waals surface area (Å²) in [5, 5.41) is 2.51. The molecule has 7 nitrogen and oxygen atoms in total. The normalized spacial score (nSPS) is 12.0. The molecule has 0 bridgehead atoms. The number of aryl methyl sites for hydroxylation is 1. The Hall–Kier alpha value is -3.10. The Morgan fingerprint density at radius 1 is 1.24 bits per heavy atom. The van der Waals surface area contributed by atoms with Gasteiger partial charge in [-0.3, -0.25) is 0 Å². The highest BCUT2D eigenvalue weighted by Gasteiger charge is 2.24. The minimum atomic E-state index is -0.775. The van der Waals surface area contributed by atoms with Gasteiger partial charge in [0.25, 0.3) is 0 Å². The van der Waals surface area contributed by atoms with Crippen LogP contribution >= 0.6 is 0 Å². The fraction of sp³-hybridized carbons (Fsp3) is 0.400. The zero-order valence-corrected chi connectivity index (χ0v) is 16.7. The van der Waals surface area contributed by atoms with E-state index in [0.29, 0.717) is 29.7 Å². The molecule has 0 fully saturated rings. The first-order valence-corrected chi connectivity index (χ1v) is 9.25. The van der Waals surface area contributed by atoms with Crippen molar-refractivity contribution in [1.82, 2.24) is 14.5 Å². The first-order chi connectivity index (χ1) is 13.6. The summed E-state index contributed by atoms with van der Waals surface area (Å²) in [6.45, 7) is 7.39. The summed E-state index contributed by atoms with van der Waals surface area (Å²) in [6.07, 6.45) is 1.92. The molecule has 0 atom stereocenters. The second kappa shape index (κ2) is 7.73. The summed E-state index contributed by atoms with van der Waals surface area (Å²) >= 11 is 0. The Kier molecular flexibility index (Phi) is 5.50. The molecule has 0 spiro atoms. The van der Waals surface area contributed by atoms with E-state index in [1.165, 1.54) is 12.1 Å². The molecule has 154 valence electrons. The van der Waals surface area contributed by atoms with Crippen LogP contribution in [0.25, 0.3) is 22.2 Å². The topological polar surface area (TPSA) is 95.4 Å². The van der Waals surface area contributed by atoms with Gasteiger partial charge in [-0.25, -0.2) is 18.7 Å². The number of rotatable bonds is 7. The third-order valence-electron chi connectivity index (χ3n) is 4.76. The zero-order valence-electron chi connectivity index (χ0n) is 16.7. The number of nitrogen functional groups attached to an aromatic ring is 1. The number of anilines is 1. The monoisotopic (exact) mass is 403 g/mol. The van der Waals surface area contributed by atoms with E-state index < -0.39 is 17.2 Å². The van der Waals surface area contributed by atoms with Crippen LogP contribution in [-0.4, -0.2) is 20.1 Å². The standard InChI is InChI=1S/C20H23F2N5O2/c1-11(2)27-16-8-12(13-9-17(23)24-10-15(13)22)7-14(21)19(16)25-18(27)5-6-20(3,4)29-26-28/h7-11H,5-6H2,1-4H3,(H2,23,24). The predicted molar refractivity (Wildman–Crippen MR) is 107 cm³/mol. The number of hydrogen-bond acceptors (Lipinski definition) is 6. The van der Waals surface area contributed by atoms with E-state index in [1.54, 1.807) is 19.9 Å². The molecule has 2 aromatic heterocycles. The van der Waals surface area contributed by atoms with E-state index in [4.69, 9.17) is 10.6 Å². The summed E-state index contributed by atoms with van der Waals surface area (Å²) in [7, 11) is 0. The van der Waals surface area contributed by atoms with E-state index in [9.17, 15) is 13.7 Å². The molecular formula is C20H23F2N5O2. The molecule has 3 rings (SSSR count). The molecule has 3 aromatic rings. The molecule has 0 saturated carbocycles. The van der Waals surface area contributed by atoms with Crippen LogP contribution in [0.5, 0.6) is 0 Å². The minimum Gasteiger partial charge on any atom is -0.384 e. The summed E-state index contributed by atoms with van der Waals surface area (Å²) in [4.78, 5) is 23.5. The number of nitrogens with two attached hydrogens (primary N) is 1. The van der Waals surface area contributed by atoms with E-state index in [1.807, 2.05) is 18.4 Å². The SMILES string of the molecule is CC(C)n1c(CCC(C)(C)ON=O)nc2c(F)cc(-c3cc(N)ncc3F)cc21. The van der Waals surface area contributed by atoms with Gasteiger partial charge in [-0.1, -0.05) is 0 Å². The highest BCUT2D eigenvalue weighted by Crippen LogP contribution is 2.32. The number of imidazole rings is 1. The second-order valence-corrected chi connectivity index (χ2v) is 7.83. The lowest BCUT2D eigenvalue weighted by Gasteiger charge is -2.20. The lowest BCUT2D eigenvalue weighted by molar-refractivity contribution is -0.0235. The predicted octanol–water partition coefficient (Wildman–Crippen LogP) is 4.95. The van der Waals surface area contributed by atoms with Crippen molar-refractivity contribution in [2.75, 3.05) is 5.73 Å². The van der Waals surface area contributed by atoms with Crippen LogP contribution in [0, 0.1) is 16.5 Å². The third-order valence-corrected chi connectivity index (χ3v) is 4.76. The Balaban J connectivity index is 2.12. The quantitative estimate of drug-likeness (QED) is 0.445. The van der Waals surface area contributed by atoms with Gasteiger partial charge >= 0.3 is 0 Å². The lowest BCUT2D eigenvalue weighted by atomic mass is 10.0. The number of nitrogens with zero attached hydrogens (tertiary/aromatic N) is 4. The Morgan fingerprint density at radius 2 is 1.97 bits per heavy atom. The first-order valence-electron chi connectivity index (χ1n) is 9.25. The van der Waals surface area contributed by atoms with Gasteiger partial charge in [-0.2, -0.15) is 0 Å². The number of aromatic nitrogens is 3. The number of hydrogen-bond donors (Lipinski definition) is 1. The summed E-state index contributed by atoms with van der Waals surface area (Å²) in [6, 6.07) is 4.29. The van der Waals surface area contributed by atoms with E-state index in [-0.39, 0.29) is 22.9 Å². The maximum Gasteiger partial charge on any atom is 0.155 e. The smallest absolute Gasteiger partial charge is 0.155 e. The molecular weight excluding hydrogens is 380 g/mol. The Bertz CT molecular complexity index is 1060. The molecule has 29 heavy (non-hydrogen) atoms. The number of fused-ring (bicyclic) bond motifs is 1. The van der Waals surface area contributed by atoms with E-state index >= 15 is 0 Å². The van der Waals surface area contributed by atoms with Gasteiger partial charge in [0.05, 0.1) is 11.7 Å². The van der Waals surface area contributed by atoms with Crippen molar-refractivity contribution in [2.45, 2.75) is 52.2 Å². The molecule has 0 unspecified atom stereocenters. The molecule has 2 heterocycles. The van der Waals surface area contributed by atoms with Crippen molar-refractivity contribution in [2.24, 2.45) is 5.34 Å². The Morgan fingerprint density at radius 3 is 2.62 bits per heavy atom. The maximum absolute atomic E-state index is 14.9. The van der Waals surface area contributed by atoms with Crippen LogP contribution < -0.4 is 5.73 Å². The molecule has 0 radical (unpaired) electrons. The first kappa shape index (κ1) is 20.6. The van der Waals surface area contributed by atoms with Crippen molar-refractivity contribution >= 4 is 16.9 Å². The molecule has 0 aliphatic rings. The number of benzene rings is 1. The fourth-order valence-corrected chi connectivity index (χ4v) is 3.34. The van der Waals surface area contributed by atoms with Gasteiger partial charge in [0.15, 0.2) is 11.2 Å². The molecule has 0 aliphatic heterocycles. The van der Waals surface area contributed by atoms with Crippen LogP contribution in [0.2, 0.25) is 0 Å². The van der Waals surface area contributed by atoms with Gasteiger partial charge in [0, 0.05) is 18.0 Å². The highest BCUT2D eigenvalue weighted by molar-refractivity contribution is 5.84. The number of pyridine rings is 1. The van der Waals surface area contributed by atoms with Crippen molar-refractivity contribution < 1.29 is 13.6 Å². The summed E-state index contributed by atoms with van der Waals surface area (Å²) in [5.41, 5.74) is 6.17. The van der Waals surface area contributed by atoms with E-state index in [0.717, 1.165) is 6.20 Å². The van der Waals surface area contributed by atoms with Crippen LogP contribution in [0.4, 0.5) is 14.6 Å². The van der Waals surface area contributed by atoms with Crippen molar-refractivity contribution in [3.8, 4) is 11.1 Å². The lowest BCUT2D eigenvalue weighted by Crippen LogP contribution is -2.23. The highest BCUT2D eigenvalue weighted by atomic mass is 19.1. The fourth-order valence-electron chi connectivity index (χ4n) is 3.34. The molecule has 0 aliphatic carbocycles. The largest absolute Gasteiger partial charge is 0.384 e. The van der Waals surface area contributed by atoms with Crippen LogP contribution in [0.3, 0.4) is 0 Å². The molecule has 0 amide bonds. The zero-order chi connectivity index (χ0) is 21.3. The van der Waals surface area contributed by atoms with Gasteiger partial charge in [0.1, 0.15) is 28.6 Å². The van der Waals surface area contributed by atoms with E-state index in [2.05, 4.69) is 15.3 Å². The summed E-state index contributed by atoms with van der Waals surface area (Å²) in [5.74, 6) is -0.360. The van der Waals surface area contributed by atoms with Crippen molar-refractivity contribution in [1.29, 1.82) is 0 Å². The maximum atomic E-state index is 14.9. The molecule has 1 aromatic carbocycles. The number of halogens is 2. The van der Waals surface area contributed by atoms with Crippen LogP contribution in [-0.2, 0) is 11.3 Å². The average molecular weight is 403 g/mol. The second-order valence-electron chi connectivity index (χ2n) is 7.83. The van der Waals surface area contributed by atoms with Crippen LogP contribution in [0.15, 0.2) is 29.7 Å². The third kappa shape index (κ3) is 4.18. The van der Waals surface area contributed by atoms with Crippen molar-refractivity contribution in [3.63, 3.8) is 0 Å². The van der Waals surface area contributed by atoms with Gasteiger partial charge in [-0.05, 0) is 57.9 Å². The molecule has 9 heteroatoms. The van der Waals surface area contributed by atoms with Crippen molar-refractivity contribution in [3.05, 3.63) is 46.8 Å². The van der Waals surface area contributed by atoms with Gasteiger partial charge < -0.3 is 15.1 Å². The molecule has 2 N–H and O–H groups in total.